The average Bonchev–Trinajstić information content (AvgIpc) is 2.15. The maximum Gasteiger partial charge on any atom is 0.306 e. The molecule has 0 aromatic carbocycles. The van der Waals surface area contributed by atoms with E-state index in [0.29, 0.717) is 18.9 Å². The lowest BCUT2D eigenvalue weighted by Crippen LogP contribution is -2.07. The van der Waals surface area contributed by atoms with Crippen molar-refractivity contribution in [1.29, 1.82) is 0 Å². The highest BCUT2D eigenvalue weighted by molar-refractivity contribution is 5.69. The molecule has 0 heterocycles. The first kappa shape index (κ1) is 15.7. The molecule has 0 saturated heterocycles. The van der Waals surface area contributed by atoms with E-state index in [1.807, 2.05) is 45.1 Å². The van der Waals surface area contributed by atoms with Crippen LogP contribution < -0.4 is 0 Å². The Labute approximate surface area is 105 Å². The van der Waals surface area contributed by atoms with Crippen LogP contribution in [0, 0.1) is 5.92 Å². The normalized spacial score (nSPS) is 12.0. The van der Waals surface area contributed by atoms with E-state index in [4.69, 9.17) is 4.74 Å². The predicted molar refractivity (Wildman–Crippen MR) is 72.7 cm³/mol. The largest absolute Gasteiger partial charge is 0.461 e. The number of ether oxygens (including phenoxy) is 1. The lowest BCUT2D eigenvalue weighted by atomic mass is 10.1. The van der Waals surface area contributed by atoms with E-state index >= 15 is 0 Å². The van der Waals surface area contributed by atoms with Gasteiger partial charge in [-0.1, -0.05) is 43.2 Å². The van der Waals surface area contributed by atoms with Crippen molar-refractivity contribution in [2.24, 2.45) is 5.92 Å². The van der Waals surface area contributed by atoms with Gasteiger partial charge in [0.25, 0.3) is 0 Å². The van der Waals surface area contributed by atoms with Crippen LogP contribution >= 0.6 is 0 Å². The Bertz CT molecular complexity index is 316. The summed E-state index contributed by atoms with van der Waals surface area (Å²) in [5.41, 5.74) is 2.36. The van der Waals surface area contributed by atoms with Crippen LogP contribution in [0.25, 0.3) is 0 Å². The SMILES string of the molecule is CC(C)=C/C=C/C(C)=C/COC(=O)CC(C)C. The van der Waals surface area contributed by atoms with Crippen molar-refractivity contribution in [3.05, 3.63) is 35.5 Å². The molecule has 0 fully saturated rings. The fraction of sp³-hybridized carbons (Fsp3) is 0.533. The van der Waals surface area contributed by atoms with Crippen LogP contribution in [0.5, 0.6) is 0 Å². The number of carbonyl (C=O) groups is 1. The van der Waals surface area contributed by atoms with Gasteiger partial charge in [0, 0.05) is 6.42 Å². The van der Waals surface area contributed by atoms with Crippen molar-refractivity contribution in [3.8, 4) is 0 Å². The van der Waals surface area contributed by atoms with Crippen LogP contribution in [0.3, 0.4) is 0 Å². The smallest absolute Gasteiger partial charge is 0.306 e. The first-order chi connectivity index (χ1) is 7.91. The summed E-state index contributed by atoms with van der Waals surface area (Å²) in [5.74, 6) is 0.225. The van der Waals surface area contributed by atoms with E-state index in [-0.39, 0.29) is 5.97 Å². The molecule has 0 atom stereocenters. The van der Waals surface area contributed by atoms with E-state index < -0.39 is 0 Å². The average molecular weight is 236 g/mol. The molecule has 17 heavy (non-hydrogen) atoms. The number of hydrogen-bond acceptors (Lipinski definition) is 2. The van der Waals surface area contributed by atoms with Crippen LogP contribution in [0.1, 0.15) is 41.0 Å². The molecule has 0 unspecified atom stereocenters. The minimum absolute atomic E-state index is 0.127. The third kappa shape index (κ3) is 11.0. The molecular weight excluding hydrogens is 212 g/mol. The van der Waals surface area contributed by atoms with Gasteiger partial charge in [-0.3, -0.25) is 4.79 Å². The Balaban J connectivity index is 3.96. The Morgan fingerprint density at radius 3 is 2.41 bits per heavy atom. The standard InChI is InChI=1S/C15H24O2/c1-12(2)7-6-8-14(5)9-10-17-15(16)11-13(3)4/h6-9,13H,10-11H2,1-5H3/b8-6+,14-9+. The van der Waals surface area contributed by atoms with Gasteiger partial charge >= 0.3 is 5.97 Å². The number of allylic oxidation sites excluding steroid dienone is 5. The van der Waals surface area contributed by atoms with Gasteiger partial charge in [0.15, 0.2) is 0 Å². The summed E-state index contributed by atoms with van der Waals surface area (Å²) < 4.78 is 5.09. The Kier molecular flexibility index (Phi) is 8.12. The summed E-state index contributed by atoms with van der Waals surface area (Å²) in [6, 6.07) is 0. The lowest BCUT2D eigenvalue weighted by Gasteiger charge is -2.04. The van der Waals surface area contributed by atoms with Gasteiger partial charge < -0.3 is 4.74 Å². The molecule has 0 bridgehead atoms. The van der Waals surface area contributed by atoms with Crippen LogP contribution in [-0.4, -0.2) is 12.6 Å². The van der Waals surface area contributed by atoms with E-state index in [1.54, 1.807) is 0 Å². The molecule has 0 radical (unpaired) electrons. The summed E-state index contributed by atoms with van der Waals surface area (Å²) >= 11 is 0. The third-order valence-electron chi connectivity index (χ3n) is 2.01. The molecule has 0 aromatic rings. The van der Waals surface area contributed by atoms with Gasteiger partial charge in [0.1, 0.15) is 6.61 Å². The topological polar surface area (TPSA) is 26.3 Å². The quantitative estimate of drug-likeness (QED) is 0.514. The summed E-state index contributed by atoms with van der Waals surface area (Å²) in [6.45, 7) is 10.5. The lowest BCUT2D eigenvalue weighted by molar-refractivity contribution is -0.143. The van der Waals surface area contributed by atoms with E-state index in [2.05, 4.69) is 13.8 Å². The van der Waals surface area contributed by atoms with Crippen molar-refractivity contribution in [2.45, 2.75) is 41.0 Å². The monoisotopic (exact) mass is 236 g/mol. The van der Waals surface area contributed by atoms with Crippen LogP contribution in [0.2, 0.25) is 0 Å². The number of rotatable bonds is 6. The molecule has 96 valence electrons. The third-order valence-corrected chi connectivity index (χ3v) is 2.01. The van der Waals surface area contributed by atoms with Gasteiger partial charge in [-0.15, -0.1) is 0 Å². The zero-order chi connectivity index (χ0) is 13.3. The molecule has 0 aromatic heterocycles. The van der Waals surface area contributed by atoms with Gasteiger partial charge in [-0.05, 0) is 32.8 Å². The van der Waals surface area contributed by atoms with Crippen molar-refractivity contribution < 1.29 is 9.53 Å². The van der Waals surface area contributed by atoms with E-state index in [1.165, 1.54) is 5.57 Å². The van der Waals surface area contributed by atoms with Crippen LogP contribution in [0.15, 0.2) is 35.5 Å². The molecule has 0 aliphatic carbocycles. The fourth-order valence-corrected chi connectivity index (χ4v) is 1.12. The zero-order valence-corrected chi connectivity index (χ0v) is 11.6. The summed E-state index contributed by atoms with van der Waals surface area (Å²) in [6.07, 6.45) is 8.44. The highest BCUT2D eigenvalue weighted by atomic mass is 16.5. The van der Waals surface area contributed by atoms with Crippen molar-refractivity contribution in [3.63, 3.8) is 0 Å². The number of esters is 1. The van der Waals surface area contributed by atoms with Gasteiger partial charge in [-0.25, -0.2) is 0 Å². The zero-order valence-electron chi connectivity index (χ0n) is 11.6. The molecular formula is C15H24O2. The molecule has 0 rings (SSSR count). The molecule has 2 heteroatoms. The van der Waals surface area contributed by atoms with Crippen LogP contribution in [0.4, 0.5) is 0 Å². The number of hydrogen-bond donors (Lipinski definition) is 0. The maximum atomic E-state index is 11.3. The highest BCUT2D eigenvalue weighted by Gasteiger charge is 2.04. The maximum absolute atomic E-state index is 11.3. The first-order valence-electron chi connectivity index (χ1n) is 6.05. The molecule has 2 nitrogen and oxygen atoms in total. The summed E-state index contributed by atoms with van der Waals surface area (Å²) in [4.78, 5) is 11.3. The minimum Gasteiger partial charge on any atom is -0.461 e. The van der Waals surface area contributed by atoms with Gasteiger partial charge in [0.2, 0.25) is 0 Å². The van der Waals surface area contributed by atoms with Crippen molar-refractivity contribution in [2.75, 3.05) is 6.61 Å². The van der Waals surface area contributed by atoms with Gasteiger partial charge in [-0.2, -0.15) is 0 Å². The molecule has 0 saturated carbocycles. The Morgan fingerprint density at radius 2 is 1.88 bits per heavy atom. The van der Waals surface area contributed by atoms with Crippen LogP contribution in [-0.2, 0) is 9.53 Å². The highest BCUT2D eigenvalue weighted by Crippen LogP contribution is 2.02. The van der Waals surface area contributed by atoms with E-state index in [0.717, 1.165) is 5.57 Å². The van der Waals surface area contributed by atoms with E-state index in [9.17, 15) is 4.79 Å². The van der Waals surface area contributed by atoms with Crippen molar-refractivity contribution >= 4 is 5.97 Å². The van der Waals surface area contributed by atoms with Crippen molar-refractivity contribution in [1.82, 2.24) is 0 Å². The first-order valence-corrected chi connectivity index (χ1v) is 6.05. The predicted octanol–water partition coefficient (Wildman–Crippen LogP) is 4.04. The second-order valence-corrected chi connectivity index (χ2v) is 4.83. The minimum atomic E-state index is -0.127. The fourth-order valence-electron chi connectivity index (χ4n) is 1.12. The Morgan fingerprint density at radius 1 is 1.24 bits per heavy atom. The Hall–Kier alpha value is -1.31. The summed E-state index contributed by atoms with van der Waals surface area (Å²) in [5, 5.41) is 0. The molecule has 0 N–H and O–H groups in total. The molecule has 0 spiro atoms. The number of carbonyl (C=O) groups excluding carboxylic acids is 1. The summed E-state index contributed by atoms with van der Waals surface area (Å²) in [7, 11) is 0. The second kappa shape index (κ2) is 8.80. The second-order valence-electron chi connectivity index (χ2n) is 4.83. The molecule has 0 aliphatic rings. The van der Waals surface area contributed by atoms with Gasteiger partial charge in [0.05, 0.1) is 0 Å². The molecule has 0 amide bonds. The molecule has 0 aliphatic heterocycles.